The zero-order valence-electron chi connectivity index (χ0n) is 31.0. The topological polar surface area (TPSA) is 0 Å². The summed E-state index contributed by atoms with van der Waals surface area (Å²) in [5.74, 6) is 0. The van der Waals surface area contributed by atoms with Crippen LogP contribution in [0.15, 0.2) is 194 Å². The molecule has 0 nitrogen and oxygen atoms in total. The highest BCUT2D eigenvalue weighted by atomic mass is 14.4. The molecule has 0 aliphatic heterocycles. The average Bonchev–Trinajstić information content (AvgIpc) is 3.48. The van der Waals surface area contributed by atoms with Gasteiger partial charge in [0.15, 0.2) is 0 Å². The summed E-state index contributed by atoms with van der Waals surface area (Å²) in [6.07, 6.45) is 0. The predicted molar refractivity (Wildman–Crippen MR) is 236 cm³/mol. The van der Waals surface area contributed by atoms with Crippen molar-refractivity contribution in [3.8, 4) is 55.6 Å². The molecule has 0 amide bonds. The molecule has 0 radical (unpaired) electrons. The fraction of sp³-hybridized carbons (Fsp3) is 0.0545. The first-order chi connectivity index (χ1) is 27.1. The highest BCUT2D eigenvalue weighted by Gasteiger charge is 2.37. The second-order valence-corrected chi connectivity index (χ2v) is 15.5. The van der Waals surface area contributed by atoms with Crippen molar-refractivity contribution >= 4 is 43.1 Å². The van der Waals surface area contributed by atoms with E-state index in [4.69, 9.17) is 0 Å². The van der Waals surface area contributed by atoms with Crippen LogP contribution < -0.4 is 0 Å². The van der Waals surface area contributed by atoms with E-state index in [1.165, 1.54) is 110 Å². The van der Waals surface area contributed by atoms with Crippen molar-refractivity contribution in [3.05, 3.63) is 205 Å². The Labute approximate surface area is 322 Å². The third kappa shape index (κ3) is 4.65. The van der Waals surface area contributed by atoms with E-state index in [-0.39, 0.29) is 5.41 Å². The van der Waals surface area contributed by atoms with Crippen LogP contribution >= 0.6 is 0 Å². The summed E-state index contributed by atoms with van der Waals surface area (Å²) >= 11 is 0. The normalized spacial score (nSPS) is 13.1. The minimum atomic E-state index is -0.112. The van der Waals surface area contributed by atoms with Crippen molar-refractivity contribution in [2.24, 2.45) is 0 Å². The highest BCUT2D eigenvalue weighted by Crippen LogP contribution is 2.54. The van der Waals surface area contributed by atoms with Crippen LogP contribution in [0, 0.1) is 0 Å². The van der Waals surface area contributed by atoms with Gasteiger partial charge in [-0.3, -0.25) is 0 Å². The first-order valence-corrected chi connectivity index (χ1v) is 19.4. The lowest BCUT2D eigenvalue weighted by molar-refractivity contribution is 0.661. The molecule has 10 aromatic rings. The molecule has 0 aromatic heterocycles. The Hall–Kier alpha value is -6.76. The molecular weight excluding hydrogens is 661 g/mol. The Morgan fingerprint density at radius 2 is 0.782 bits per heavy atom. The van der Waals surface area contributed by atoms with Gasteiger partial charge >= 0.3 is 0 Å². The van der Waals surface area contributed by atoms with Crippen molar-refractivity contribution in [2.75, 3.05) is 0 Å². The average molecular weight is 699 g/mol. The monoisotopic (exact) mass is 698 g/mol. The third-order valence-electron chi connectivity index (χ3n) is 12.3. The van der Waals surface area contributed by atoms with Gasteiger partial charge in [0.1, 0.15) is 0 Å². The molecule has 0 saturated carbocycles. The molecule has 1 aliphatic carbocycles. The number of hydrogen-bond donors (Lipinski definition) is 0. The maximum atomic E-state index is 2.50. The van der Waals surface area contributed by atoms with E-state index in [0.29, 0.717) is 0 Å². The van der Waals surface area contributed by atoms with Crippen LogP contribution in [-0.4, -0.2) is 0 Å². The lowest BCUT2D eigenvalue weighted by atomic mass is 9.79. The van der Waals surface area contributed by atoms with Crippen LogP contribution in [0.25, 0.3) is 98.7 Å². The maximum absolute atomic E-state index is 2.50. The molecule has 0 spiro atoms. The molecule has 10 aromatic carbocycles. The molecule has 258 valence electrons. The van der Waals surface area contributed by atoms with E-state index >= 15 is 0 Å². The van der Waals surface area contributed by atoms with Gasteiger partial charge in [-0.15, -0.1) is 0 Å². The number of rotatable bonds is 4. The Balaban J connectivity index is 1.23. The molecule has 0 unspecified atom stereocenters. The highest BCUT2D eigenvalue weighted by molar-refractivity contribution is 6.28. The molecule has 0 bridgehead atoms. The second-order valence-electron chi connectivity index (χ2n) is 15.5. The largest absolute Gasteiger partial charge is 0.0622 e. The van der Waals surface area contributed by atoms with E-state index in [1.807, 2.05) is 0 Å². The fourth-order valence-electron chi connectivity index (χ4n) is 9.80. The molecule has 0 saturated heterocycles. The summed E-state index contributed by atoms with van der Waals surface area (Å²) in [5.41, 5.74) is 15.5. The smallest absolute Gasteiger partial charge is 0.0159 e. The van der Waals surface area contributed by atoms with Crippen molar-refractivity contribution < 1.29 is 0 Å². The number of benzene rings is 10. The van der Waals surface area contributed by atoms with Crippen molar-refractivity contribution in [3.63, 3.8) is 0 Å². The molecule has 0 fully saturated rings. The van der Waals surface area contributed by atoms with Crippen LogP contribution in [-0.2, 0) is 5.41 Å². The van der Waals surface area contributed by atoms with Gasteiger partial charge < -0.3 is 0 Å². The van der Waals surface area contributed by atoms with E-state index < -0.39 is 0 Å². The van der Waals surface area contributed by atoms with Crippen LogP contribution in [0.2, 0.25) is 0 Å². The van der Waals surface area contributed by atoms with Crippen LogP contribution in [0.1, 0.15) is 25.0 Å². The number of hydrogen-bond acceptors (Lipinski definition) is 0. The summed E-state index contributed by atoms with van der Waals surface area (Å²) in [5, 5.41) is 10.2. The summed E-state index contributed by atoms with van der Waals surface area (Å²) in [4.78, 5) is 0. The van der Waals surface area contributed by atoms with Gasteiger partial charge in [0.05, 0.1) is 0 Å². The summed E-state index contributed by atoms with van der Waals surface area (Å²) in [7, 11) is 0. The first kappa shape index (κ1) is 31.7. The third-order valence-corrected chi connectivity index (χ3v) is 12.3. The minimum Gasteiger partial charge on any atom is -0.0622 e. The van der Waals surface area contributed by atoms with Gasteiger partial charge in [-0.2, -0.15) is 0 Å². The lowest BCUT2D eigenvalue weighted by Gasteiger charge is -2.24. The van der Waals surface area contributed by atoms with Gasteiger partial charge in [0.25, 0.3) is 0 Å². The standard InChI is InChI=1S/C55H38/c1-55(2)49-31-17-16-30-46(49)53-43-27-13-11-25-41(43)48(34-50(53)55)40-24-9-8-22-38(40)39-23-10-12-26-42(39)52-45-29-15-14-28-44(45)51(36-19-4-3-5-20-36)54-37-21-7-6-18-35(37)32-33-47(52)54/h3-34H,1-2H3. The van der Waals surface area contributed by atoms with Gasteiger partial charge in [0.2, 0.25) is 0 Å². The second kappa shape index (κ2) is 12.1. The quantitative estimate of drug-likeness (QED) is 0.127. The Morgan fingerprint density at radius 3 is 1.49 bits per heavy atom. The summed E-state index contributed by atoms with van der Waals surface area (Å²) < 4.78 is 0. The van der Waals surface area contributed by atoms with E-state index in [9.17, 15) is 0 Å². The molecule has 0 atom stereocenters. The fourth-order valence-corrected chi connectivity index (χ4v) is 9.80. The molecule has 0 heterocycles. The van der Waals surface area contributed by atoms with Gasteiger partial charge in [-0.1, -0.05) is 202 Å². The number of fused-ring (bicyclic) bond motifs is 9. The predicted octanol–water partition coefficient (Wildman–Crippen LogP) is 15.3. The molecule has 0 N–H and O–H groups in total. The van der Waals surface area contributed by atoms with Gasteiger partial charge in [-0.25, -0.2) is 0 Å². The molecule has 11 rings (SSSR count). The van der Waals surface area contributed by atoms with Crippen LogP contribution in [0.3, 0.4) is 0 Å². The maximum Gasteiger partial charge on any atom is 0.0159 e. The molecular formula is C55H38. The molecule has 1 aliphatic rings. The van der Waals surface area contributed by atoms with Crippen molar-refractivity contribution in [1.82, 2.24) is 0 Å². The van der Waals surface area contributed by atoms with Crippen LogP contribution in [0.5, 0.6) is 0 Å². The molecule has 0 heteroatoms. The lowest BCUT2D eigenvalue weighted by Crippen LogP contribution is -2.15. The van der Waals surface area contributed by atoms with Crippen molar-refractivity contribution in [2.45, 2.75) is 19.3 Å². The zero-order valence-corrected chi connectivity index (χ0v) is 31.0. The van der Waals surface area contributed by atoms with Gasteiger partial charge in [0, 0.05) is 5.41 Å². The van der Waals surface area contributed by atoms with E-state index in [1.54, 1.807) is 0 Å². The van der Waals surface area contributed by atoms with E-state index in [2.05, 4.69) is 208 Å². The molecule has 55 heavy (non-hydrogen) atoms. The Morgan fingerprint density at radius 1 is 0.291 bits per heavy atom. The summed E-state index contributed by atoms with van der Waals surface area (Å²) in [6.45, 7) is 4.77. The SMILES string of the molecule is CC1(C)c2ccccc2-c2c1cc(-c1ccccc1-c1ccccc1-c1c3ccccc3c(-c3ccccc3)c3c1ccc1ccccc13)c1ccccc21. The summed E-state index contributed by atoms with van der Waals surface area (Å²) in [6, 6.07) is 72.1. The van der Waals surface area contributed by atoms with Crippen molar-refractivity contribution in [1.29, 1.82) is 0 Å². The zero-order chi connectivity index (χ0) is 36.7. The van der Waals surface area contributed by atoms with Gasteiger partial charge in [-0.05, 0) is 116 Å². The van der Waals surface area contributed by atoms with Crippen LogP contribution in [0.4, 0.5) is 0 Å². The Kier molecular flexibility index (Phi) is 7.00. The minimum absolute atomic E-state index is 0.112. The van der Waals surface area contributed by atoms with E-state index in [0.717, 1.165) is 0 Å². The Bertz CT molecular complexity index is 3160. The first-order valence-electron chi connectivity index (χ1n) is 19.4.